The number of carbonyl (C=O) groups excluding carboxylic acids is 2. The molecule has 28 heavy (non-hydrogen) atoms. The van der Waals surface area contributed by atoms with Gasteiger partial charge in [-0.25, -0.2) is 9.59 Å². The molecule has 0 aliphatic rings. The van der Waals surface area contributed by atoms with Gasteiger partial charge >= 0.3 is 12.1 Å². The lowest BCUT2D eigenvalue weighted by molar-refractivity contribution is 0.0135. The van der Waals surface area contributed by atoms with Crippen LogP contribution in [0.15, 0.2) is 48.5 Å². The van der Waals surface area contributed by atoms with Crippen molar-refractivity contribution >= 4 is 17.7 Å². The van der Waals surface area contributed by atoms with E-state index in [2.05, 4.69) is 10.1 Å². The van der Waals surface area contributed by atoms with E-state index >= 15 is 0 Å². The molecule has 0 aromatic heterocycles. The van der Waals surface area contributed by atoms with Crippen LogP contribution in [0.5, 0.6) is 0 Å². The topological polar surface area (TPSA) is 131 Å². The Morgan fingerprint density at radius 1 is 1.14 bits per heavy atom. The summed E-state index contributed by atoms with van der Waals surface area (Å²) in [7, 11) is 1.24. The Hall–Kier alpha value is -3.10. The zero-order chi connectivity index (χ0) is 20.5. The molecule has 2 aromatic carbocycles. The molecule has 0 heterocycles. The molecule has 8 nitrogen and oxygen atoms in total. The predicted molar refractivity (Wildman–Crippen MR) is 102 cm³/mol. The predicted octanol–water partition coefficient (Wildman–Crippen LogP) is 1.77. The summed E-state index contributed by atoms with van der Waals surface area (Å²) in [6, 6.07) is 13.5. The van der Waals surface area contributed by atoms with Gasteiger partial charge in [0.25, 0.3) is 0 Å². The lowest BCUT2D eigenvalue weighted by atomic mass is 9.99. The summed E-state index contributed by atoms with van der Waals surface area (Å²) >= 11 is 0. The molecule has 8 heteroatoms. The highest BCUT2D eigenvalue weighted by Gasteiger charge is 2.20. The SMILES string of the molecule is COC(=O)c1cc(N)cc(C(O)C(O)CCNC(=O)OCc2ccccc2)c1. The number of methoxy groups -OCH3 is 1. The Morgan fingerprint density at radius 3 is 2.54 bits per heavy atom. The van der Waals surface area contributed by atoms with E-state index in [1.54, 1.807) is 0 Å². The number of hydrogen-bond acceptors (Lipinski definition) is 7. The molecule has 2 unspecified atom stereocenters. The second-order valence-corrected chi connectivity index (χ2v) is 6.17. The Balaban J connectivity index is 1.82. The van der Waals surface area contributed by atoms with Crippen molar-refractivity contribution in [3.63, 3.8) is 0 Å². The molecule has 0 aliphatic heterocycles. The summed E-state index contributed by atoms with van der Waals surface area (Å²) in [5.41, 5.74) is 7.30. The van der Waals surface area contributed by atoms with Crippen LogP contribution >= 0.6 is 0 Å². The van der Waals surface area contributed by atoms with Crippen LogP contribution < -0.4 is 11.1 Å². The maximum atomic E-state index is 11.7. The molecule has 2 aromatic rings. The number of alkyl carbamates (subject to hydrolysis) is 1. The van der Waals surface area contributed by atoms with Crippen LogP contribution in [0.1, 0.15) is 34.0 Å². The lowest BCUT2D eigenvalue weighted by Gasteiger charge is -2.19. The van der Waals surface area contributed by atoms with Gasteiger partial charge in [0.1, 0.15) is 12.7 Å². The van der Waals surface area contributed by atoms with Gasteiger partial charge in [-0.3, -0.25) is 0 Å². The average Bonchev–Trinajstić information content (AvgIpc) is 2.71. The molecule has 1 amide bonds. The van der Waals surface area contributed by atoms with E-state index in [1.165, 1.54) is 25.3 Å². The van der Waals surface area contributed by atoms with E-state index < -0.39 is 24.3 Å². The fourth-order valence-corrected chi connectivity index (χ4v) is 2.56. The largest absolute Gasteiger partial charge is 0.465 e. The molecule has 150 valence electrons. The van der Waals surface area contributed by atoms with Crippen molar-refractivity contribution in [1.29, 1.82) is 0 Å². The van der Waals surface area contributed by atoms with Crippen LogP contribution in [-0.4, -0.2) is 42.0 Å². The van der Waals surface area contributed by atoms with Crippen molar-refractivity contribution in [2.75, 3.05) is 19.4 Å². The molecule has 0 aliphatic carbocycles. The number of ether oxygens (including phenoxy) is 2. The van der Waals surface area contributed by atoms with Crippen molar-refractivity contribution in [2.45, 2.75) is 25.2 Å². The monoisotopic (exact) mass is 388 g/mol. The van der Waals surface area contributed by atoms with E-state index in [0.717, 1.165) is 5.56 Å². The number of aliphatic hydroxyl groups is 2. The summed E-state index contributed by atoms with van der Waals surface area (Å²) < 4.78 is 9.70. The number of anilines is 1. The zero-order valence-electron chi connectivity index (χ0n) is 15.5. The summed E-state index contributed by atoms with van der Waals surface area (Å²) in [6.45, 7) is 0.232. The van der Waals surface area contributed by atoms with E-state index in [0.29, 0.717) is 0 Å². The van der Waals surface area contributed by atoms with Gasteiger partial charge in [-0.2, -0.15) is 0 Å². The molecular weight excluding hydrogens is 364 g/mol. The van der Waals surface area contributed by atoms with Gasteiger partial charge in [0.05, 0.1) is 18.8 Å². The van der Waals surface area contributed by atoms with Gasteiger partial charge in [0.2, 0.25) is 0 Å². The first-order chi connectivity index (χ1) is 13.4. The first-order valence-corrected chi connectivity index (χ1v) is 8.70. The van der Waals surface area contributed by atoms with Crippen molar-refractivity contribution < 1.29 is 29.3 Å². The maximum Gasteiger partial charge on any atom is 0.407 e. The second-order valence-electron chi connectivity index (χ2n) is 6.17. The first kappa shape index (κ1) is 21.2. The molecule has 0 saturated heterocycles. The fraction of sp³-hybridized carbons (Fsp3) is 0.300. The van der Waals surface area contributed by atoms with Gasteiger partial charge in [-0.15, -0.1) is 0 Å². The van der Waals surface area contributed by atoms with Crippen LogP contribution in [0, 0.1) is 0 Å². The number of nitrogens with two attached hydrogens (primary N) is 1. The summed E-state index contributed by atoms with van der Waals surface area (Å²) in [5.74, 6) is -0.599. The van der Waals surface area contributed by atoms with Gasteiger partial charge in [-0.1, -0.05) is 30.3 Å². The Bertz CT molecular complexity index is 797. The van der Waals surface area contributed by atoms with Crippen LogP contribution in [0.2, 0.25) is 0 Å². The van der Waals surface area contributed by atoms with E-state index in [9.17, 15) is 19.8 Å². The quantitative estimate of drug-likeness (QED) is 0.400. The summed E-state index contributed by atoms with van der Waals surface area (Å²) in [5, 5.41) is 23.0. The van der Waals surface area contributed by atoms with E-state index in [1.807, 2.05) is 30.3 Å². The number of amides is 1. The first-order valence-electron chi connectivity index (χ1n) is 8.70. The third-order valence-corrected chi connectivity index (χ3v) is 4.03. The molecule has 0 bridgehead atoms. The number of carbonyl (C=O) groups is 2. The van der Waals surface area contributed by atoms with Crippen molar-refractivity contribution in [1.82, 2.24) is 5.32 Å². The highest BCUT2D eigenvalue weighted by Crippen LogP contribution is 2.23. The standard InChI is InChI=1S/C20H24N2O6/c1-27-19(25)15-9-14(10-16(21)11-15)18(24)17(23)7-8-22-20(26)28-12-13-5-3-2-4-6-13/h2-6,9-11,17-18,23-24H,7-8,12,21H2,1H3,(H,22,26). The zero-order valence-corrected chi connectivity index (χ0v) is 15.5. The van der Waals surface area contributed by atoms with Crippen LogP contribution in [0.3, 0.4) is 0 Å². The number of nitrogen functional groups attached to an aromatic ring is 1. The molecular formula is C20H24N2O6. The third kappa shape index (κ3) is 6.26. The number of rotatable bonds is 8. The third-order valence-electron chi connectivity index (χ3n) is 4.03. The summed E-state index contributed by atoms with van der Waals surface area (Å²) in [6.07, 6.45) is -3.01. The van der Waals surface area contributed by atoms with Crippen molar-refractivity contribution in [3.8, 4) is 0 Å². The van der Waals surface area contributed by atoms with Crippen molar-refractivity contribution in [2.24, 2.45) is 0 Å². The minimum absolute atomic E-state index is 0.0734. The Morgan fingerprint density at radius 2 is 1.86 bits per heavy atom. The fourth-order valence-electron chi connectivity index (χ4n) is 2.56. The molecule has 0 fully saturated rings. The minimum atomic E-state index is -1.28. The molecule has 0 spiro atoms. The average molecular weight is 388 g/mol. The highest BCUT2D eigenvalue weighted by atomic mass is 16.5. The van der Waals surface area contributed by atoms with Crippen LogP contribution in [-0.2, 0) is 16.1 Å². The van der Waals surface area contributed by atoms with E-state index in [4.69, 9.17) is 10.5 Å². The highest BCUT2D eigenvalue weighted by molar-refractivity contribution is 5.90. The Kier molecular flexibility index (Phi) is 7.79. The van der Waals surface area contributed by atoms with Crippen molar-refractivity contribution in [3.05, 3.63) is 65.2 Å². The van der Waals surface area contributed by atoms with Gasteiger partial charge in [0, 0.05) is 12.2 Å². The maximum absolute atomic E-state index is 11.7. The molecule has 0 radical (unpaired) electrons. The summed E-state index contributed by atoms with van der Waals surface area (Å²) in [4.78, 5) is 23.3. The normalized spacial score (nSPS) is 12.7. The number of aliphatic hydroxyl groups excluding tert-OH is 2. The number of benzene rings is 2. The molecule has 5 N–H and O–H groups in total. The molecule has 0 saturated carbocycles. The second kappa shape index (κ2) is 10.3. The van der Waals surface area contributed by atoms with E-state index in [-0.39, 0.29) is 36.4 Å². The number of nitrogens with one attached hydrogen (secondary N) is 1. The van der Waals surface area contributed by atoms with Gasteiger partial charge < -0.3 is 30.7 Å². The van der Waals surface area contributed by atoms with Crippen LogP contribution in [0.4, 0.5) is 10.5 Å². The lowest BCUT2D eigenvalue weighted by Crippen LogP contribution is -2.29. The minimum Gasteiger partial charge on any atom is -0.465 e. The Labute approximate surface area is 162 Å². The molecule has 2 atom stereocenters. The number of esters is 1. The smallest absolute Gasteiger partial charge is 0.407 e. The molecule has 2 rings (SSSR count). The van der Waals surface area contributed by atoms with Gasteiger partial charge in [-0.05, 0) is 35.7 Å². The number of hydrogen-bond donors (Lipinski definition) is 4. The van der Waals surface area contributed by atoms with Crippen LogP contribution in [0.25, 0.3) is 0 Å². The van der Waals surface area contributed by atoms with Gasteiger partial charge in [0.15, 0.2) is 0 Å².